The Kier molecular flexibility index (Phi) is 5.38. The Hall–Kier alpha value is -0.450. The minimum absolute atomic E-state index is 0.324. The lowest BCUT2D eigenvalue weighted by molar-refractivity contribution is 0.636. The summed E-state index contributed by atoms with van der Waals surface area (Å²) in [5.74, 6) is 0.438. The molecule has 90 valence electrons. The van der Waals surface area contributed by atoms with Crippen LogP contribution in [0.3, 0.4) is 0 Å². The topological polar surface area (TPSA) is 50.4 Å². The van der Waals surface area contributed by atoms with Crippen LogP contribution in [-0.2, 0) is 6.54 Å². The van der Waals surface area contributed by atoms with Gasteiger partial charge in [-0.25, -0.2) is 4.99 Å². The Bertz CT molecular complexity index is 376. The Labute approximate surface area is 110 Å². The van der Waals surface area contributed by atoms with Gasteiger partial charge in [0.05, 0.1) is 15.2 Å². The van der Waals surface area contributed by atoms with Gasteiger partial charge in [0.2, 0.25) is 0 Å². The van der Waals surface area contributed by atoms with Gasteiger partial charge in [-0.3, -0.25) is 0 Å². The van der Waals surface area contributed by atoms with Gasteiger partial charge in [0.25, 0.3) is 0 Å². The molecule has 1 heterocycles. The number of nitrogens with zero attached hydrogens (tertiary/aromatic N) is 1. The number of nitrogens with one attached hydrogen (secondary N) is 1. The highest BCUT2D eigenvalue weighted by Gasteiger charge is 2.05. The second-order valence-electron chi connectivity index (χ2n) is 3.50. The SMILES string of the molecule is CCC(C)NC(N)=NCc1cc(Cl)sc1Cl. The van der Waals surface area contributed by atoms with Crippen molar-refractivity contribution in [2.24, 2.45) is 10.7 Å². The van der Waals surface area contributed by atoms with Gasteiger partial charge >= 0.3 is 0 Å². The second kappa shape index (κ2) is 6.33. The highest BCUT2D eigenvalue weighted by Crippen LogP contribution is 2.31. The van der Waals surface area contributed by atoms with Gasteiger partial charge in [0.1, 0.15) is 0 Å². The normalized spacial score (nSPS) is 13.9. The van der Waals surface area contributed by atoms with Crippen molar-refractivity contribution in [1.82, 2.24) is 5.32 Å². The van der Waals surface area contributed by atoms with Gasteiger partial charge in [-0.2, -0.15) is 0 Å². The van der Waals surface area contributed by atoms with Crippen LogP contribution in [0, 0.1) is 0 Å². The average Bonchev–Trinajstić information content (AvgIpc) is 2.54. The summed E-state index contributed by atoms with van der Waals surface area (Å²) in [6.07, 6.45) is 1.00. The van der Waals surface area contributed by atoms with E-state index < -0.39 is 0 Å². The molecule has 6 heteroatoms. The molecule has 0 aliphatic carbocycles. The summed E-state index contributed by atoms with van der Waals surface area (Å²) in [6, 6.07) is 2.14. The highest BCUT2D eigenvalue weighted by molar-refractivity contribution is 7.20. The minimum atomic E-state index is 0.324. The van der Waals surface area contributed by atoms with E-state index in [9.17, 15) is 0 Å². The lowest BCUT2D eigenvalue weighted by Crippen LogP contribution is -2.38. The summed E-state index contributed by atoms with van der Waals surface area (Å²) in [5, 5.41) is 3.08. The van der Waals surface area contributed by atoms with Gasteiger partial charge in [-0.1, -0.05) is 30.1 Å². The van der Waals surface area contributed by atoms with Gasteiger partial charge < -0.3 is 11.1 Å². The molecule has 0 aliphatic rings. The van der Waals surface area contributed by atoms with Crippen LogP contribution in [-0.4, -0.2) is 12.0 Å². The van der Waals surface area contributed by atoms with Crippen LogP contribution < -0.4 is 11.1 Å². The number of nitrogens with two attached hydrogens (primary N) is 1. The predicted molar refractivity (Wildman–Crippen MR) is 72.6 cm³/mol. The number of hydrogen-bond donors (Lipinski definition) is 2. The molecular formula is C10H15Cl2N3S. The summed E-state index contributed by atoms with van der Waals surface area (Å²) < 4.78 is 1.34. The van der Waals surface area contributed by atoms with Crippen molar-refractivity contribution < 1.29 is 0 Å². The number of guanidine groups is 1. The monoisotopic (exact) mass is 279 g/mol. The molecule has 3 N–H and O–H groups in total. The molecule has 0 aliphatic heterocycles. The number of aliphatic imine (C=N–C) groups is 1. The Morgan fingerprint density at radius 1 is 1.62 bits per heavy atom. The van der Waals surface area contributed by atoms with Gasteiger partial charge in [-0.05, 0) is 19.4 Å². The fraction of sp³-hybridized carbons (Fsp3) is 0.500. The maximum Gasteiger partial charge on any atom is 0.189 e. The number of thiophene rings is 1. The first-order valence-electron chi connectivity index (χ1n) is 5.03. The Morgan fingerprint density at radius 3 is 2.81 bits per heavy atom. The lowest BCUT2D eigenvalue weighted by atomic mass is 10.3. The van der Waals surface area contributed by atoms with E-state index in [-0.39, 0.29) is 0 Å². The van der Waals surface area contributed by atoms with Gasteiger partial charge in [0.15, 0.2) is 5.96 Å². The van der Waals surface area contributed by atoms with Gasteiger partial charge in [0, 0.05) is 11.6 Å². The summed E-state index contributed by atoms with van der Waals surface area (Å²) in [7, 11) is 0. The van der Waals surface area contributed by atoms with Crippen LogP contribution in [0.1, 0.15) is 25.8 Å². The standard InChI is InChI=1S/C10H15Cl2N3S/c1-3-6(2)15-10(13)14-5-7-4-8(11)16-9(7)12/h4,6H,3,5H2,1-2H3,(H3,13,14,15). The Morgan fingerprint density at radius 2 is 2.31 bits per heavy atom. The molecule has 0 spiro atoms. The number of rotatable bonds is 4. The first-order chi connectivity index (χ1) is 7.52. The van der Waals surface area contributed by atoms with E-state index in [0.29, 0.717) is 27.2 Å². The van der Waals surface area contributed by atoms with Crippen molar-refractivity contribution in [3.63, 3.8) is 0 Å². The number of halogens is 2. The van der Waals surface area contributed by atoms with Crippen LogP contribution in [0.2, 0.25) is 8.67 Å². The molecule has 3 nitrogen and oxygen atoms in total. The molecule has 1 aromatic heterocycles. The maximum absolute atomic E-state index is 5.97. The predicted octanol–water partition coefficient (Wildman–Crippen LogP) is 3.26. The third-order valence-corrected chi connectivity index (χ3v) is 3.72. The third kappa shape index (κ3) is 4.20. The van der Waals surface area contributed by atoms with Crippen LogP contribution in [0.15, 0.2) is 11.1 Å². The molecule has 1 atom stereocenters. The van der Waals surface area contributed by atoms with E-state index in [1.165, 1.54) is 11.3 Å². The molecule has 0 aromatic carbocycles. The van der Waals surface area contributed by atoms with Crippen molar-refractivity contribution >= 4 is 40.5 Å². The van der Waals surface area contributed by atoms with Crippen molar-refractivity contribution in [2.45, 2.75) is 32.9 Å². The molecule has 0 bridgehead atoms. The van der Waals surface area contributed by atoms with E-state index in [1.807, 2.05) is 6.07 Å². The smallest absolute Gasteiger partial charge is 0.189 e. The van der Waals surface area contributed by atoms with E-state index in [4.69, 9.17) is 28.9 Å². The van der Waals surface area contributed by atoms with Crippen molar-refractivity contribution in [2.75, 3.05) is 0 Å². The van der Waals surface area contributed by atoms with E-state index in [0.717, 1.165) is 12.0 Å². The molecule has 0 saturated heterocycles. The van der Waals surface area contributed by atoms with Crippen LogP contribution in [0.25, 0.3) is 0 Å². The minimum Gasteiger partial charge on any atom is -0.370 e. The molecular weight excluding hydrogens is 265 g/mol. The van der Waals surface area contributed by atoms with Crippen LogP contribution >= 0.6 is 34.5 Å². The summed E-state index contributed by atoms with van der Waals surface area (Å²) in [4.78, 5) is 4.20. The average molecular weight is 280 g/mol. The molecule has 0 radical (unpaired) electrons. The Balaban J connectivity index is 2.55. The zero-order valence-corrected chi connectivity index (χ0v) is 11.6. The summed E-state index contributed by atoms with van der Waals surface area (Å²) in [6.45, 7) is 4.59. The zero-order chi connectivity index (χ0) is 12.1. The van der Waals surface area contributed by atoms with E-state index in [1.54, 1.807) is 0 Å². The largest absolute Gasteiger partial charge is 0.370 e. The summed E-state index contributed by atoms with van der Waals surface area (Å²) in [5.41, 5.74) is 6.63. The van der Waals surface area contributed by atoms with Crippen LogP contribution in [0.5, 0.6) is 0 Å². The molecule has 1 rings (SSSR count). The zero-order valence-electron chi connectivity index (χ0n) is 9.26. The molecule has 0 saturated carbocycles. The molecule has 16 heavy (non-hydrogen) atoms. The molecule has 0 fully saturated rings. The fourth-order valence-corrected chi connectivity index (χ4v) is 2.52. The quantitative estimate of drug-likeness (QED) is 0.657. The second-order valence-corrected chi connectivity index (χ2v) is 5.79. The summed E-state index contributed by atoms with van der Waals surface area (Å²) >= 11 is 13.1. The van der Waals surface area contributed by atoms with Crippen LogP contribution in [0.4, 0.5) is 0 Å². The first kappa shape index (κ1) is 13.6. The maximum atomic E-state index is 5.97. The van der Waals surface area contributed by atoms with Crippen molar-refractivity contribution in [3.8, 4) is 0 Å². The highest BCUT2D eigenvalue weighted by atomic mass is 35.5. The fourth-order valence-electron chi connectivity index (χ4n) is 1.05. The first-order valence-corrected chi connectivity index (χ1v) is 6.60. The molecule has 0 amide bonds. The van der Waals surface area contributed by atoms with Crippen molar-refractivity contribution in [1.29, 1.82) is 0 Å². The molecule has 1 unspecified atom stereocenters. The lowest BCUT2D eigenvalue weighted by Gasteiger charge is -2.11. The van der Waals surface area contributed by atoms with E-state index in [2.05, 4.69) is 24.2 Å². The molecule has 1 aromatic rings. The third-order valence-electron chi connectivity index (χ3n) is 2.15. The van der Waals surface area contributed by atoms with Crippen molar-refractivity contribution in [3.05, 3.63) is 20.3 Å². The van der Waals surface area contributed by atoms with Gasteiger partial charge in [-0.15, -0.1) is 11.3 Å². The van der Waals surface area contributed by atoms with E-state index >= 15 is 0 Å². The number of hydrogen-bond acceptors (Lipinski definition) is 2.